The normalized spacial score (nSPS) is 11.4. The second-order valence-corrected chi connectivity index (χ2v) is 7.24. The number of rotatable bonds is 4. The predicted octanol–water partition coefficient (Wildman–Crippen LogP) is 4.59. The Labute approximate surface area is 131 Å². The standard InChI is InChI=1S/C15H16BrNO2S/c1-15(2,3)12-9-20-13(17-12)8-19-14-10(7-18)5-4-6-11(14)16/h4-7,9H,8H2,1-3H3. The van der Waals surface area contributed by atoms with E-state index in [0.29, 0.717) is 17.9 Å². The van der Waals surface area contributed by atoms with Crippen LogP contribution in [0.3, 0.4) is 0 Å². The average molecular weight is 354 g/mol. The Bertz CT molecular complexity index is 617. The van der Waals surface area contributed by atoms with Crippen molar-refractivity contribution in [2.24, 2.45) is 0 Å². The van der Waals surface area contributed by atoms with Crippen LogP contribution >= 0.6 is 27.3 Å². The van der Waals surface area contributed by atoms with Crippen LogP contribution in [0.25, 0.3) is 0 Å². The minimum absolute atomic E-state index is 0.0377. The van der Waals surface area contributed by atoms with Crippen LogP contribution in [0.1, 0.15) is 41.8 Å². The molecule has 0 aliphatic rings. The predicted molar refractivity (Wildman–Crippen MR) is 84.7 cm³/mol. The molecule has 0 unspecified atom stereocenters. The summed E-state index contributed by atoms with van der Waals surface area (Å²) in [5.41, 5.74) is 1.63. The summed E-state index contributed by atoms with van der Waals surface area (Å²) >= 11 is 4.97. The van der Waals surface area contributed by atoms with Gasteiger partial charge in [0.2, 0.25) is 0 Å². The lowest BCUT2D eigenvalue weighted by molar-refractivity contribution is 0.111. The van der Waals surface area contributed by atoms with Crippen LogP contribution in [0, 0.1) is 0 Å². The number of carbonyl (C=O) groups is 1. The van der Waals surface area contributed by atoms with Gasteiger partial charge in [0.05, 0.1) is 15.7 Å². The Morgan fingerprint density at radius 3 is 2.75 bits per heavy atom. The van der Waals surface area contributed by atoms with Gasteiger partial charge in [-0.25, -0.2) is 4.98 Å². The number of nitrogens with zero attached hydrogens (tertiary/aromatic N) is 1. The molecule has 20 heavy (non-hydrogen) atoms. The Balaban J connectivity index is 2.13. The van der Waals surface area contributed by atoms with E-state index >= 15 is 0 Å². The lowest BCUT2D eigenvalue weighted by atomic mass is 9.93. The van der Waals surface area contributed by atoms with Gasteiger partial charge in [0.25, 0.3) is 0 Å². The molecule has 3 nitrogen and oxygen atoms in total. The minimum Gasteiger partial charge on any atom is -0.484 e. The number of hydrogen-bond acceptors (Lipinski definition) is 4. The van der Waals surface area contributed by atoms with Crippen molar-refractivity contribution in [3.8, 4) is 5.75 Å². The quantitative estimate of drug-likeness (QED) is 0.754. The lowest BCUT2D eigenvalue weighted by Crippen LogP contribution is -2.11. The summed E-state index contributed by atoms with van der Waals surface area (Å²) in [7, 11) is 0. The number of halogens is 1. The first-order valence-electron chi connectivity index (χ1n) is 6.23. The van der Waals surface area contributed by atoms with Crippen LogP contribution in [0.2, 0.25) is 0 Å². The monoisotopic (exact) mass is 353 g/mol. The Morgan fingerprint density at radius 2 is 2.15 bits per heavy atom. The third-order valence-electron chi connectivity index (χ3n) is 2.78. The van der Waals surface area contributed by atoms with Crippen molar-refractivity contribution >= 4 is 33.6 Å². The first-order chi connectivity index (χ1) is 9.41. The van der Waals surface area contributed by atoms with Gasteiger partial charge in [-0.05, 0) is 28.1 Å². The zero-order valence-electron chi connectivity index (χ0n) is 11.6. The van der Waals surface area contributed by atoms with Gasteiger partial charge >= 0.3 is 0 Å². The molecule has 1 heterocycles. The maximum absolute atomic E-state index is 11.0. The molecule has 0 spiro atoms. The molecule has 106 valence electrons. The van der Waals surface area contributed by atoms with Gasteiger partial charge in [-0.1, -0.05) is 26.8 Å². The van der Waals surface area contributed by atoms with E-state index in [2.05, 4.69) is 47.1 Å². The van der Waals surface area contributed by atoms with Crippen LogP contribution in [0.4, 0.5) is 0 Å². The van der Waals surface area contributed by atoms with Crippen molar-refractivity contribution in [2.45, 2.75) is 32.8 Å². The summed E-state index contributed by atoms with van der Waals surface area (Å²) in [5, 5.41) is 2.96. The number of aldehydes is 1. The molecular weight excluding hydrogens is 338 g/mol. The number of carbonyl (C=O) groups excluding carboxylic acids is 1. The molecule has 1 aromatic carbocycles. The van der Waals surface area contributed by atoms with Gasteiger partial charge in [-0.3, -0.25) is 4.79 Å². The third kappa shape index (κ3) is 3.46. The molecule has 1 aromatic heterocycles. The van der Waals surface area contributed by atoms with Gasteiger partial charge in [0.1, 0.15) is 17.4 Å². The number of hydrogen-bond donors (Lipinski definition) is 0. The van der Waals surface area contributed by atoms with Crippen molar-refractivity contribution < 1.29 is 9.53 Å². The van der Waals surface area contributed by atoms with E-state index < -0.39 is 0 Å². The maximum Gasteiger partial charge on any atom is 0.153 e. The number of para-hydroxylation sites is 1. The summed E-state index contributed by atoms with van der Waals surface area (Å²) in [4.78, 5) is 15.6. The van der Waals surface area contributed by atoms with Crippen molar-refractivity contribution in [2.75, 3.05) is 0 Å². The van der Waals surface area contributed by atoms with E-state index in [-0.39, 0.29) is 5.41 Å². The van der Waals surface area contributed by atoms with Crippen molar-refractivity contribution in [3.05, 3.63) is 44.3 Å². The highest BCUT2D eigenvalue weighted by Gasteiger charge is 2.17. The topological polar surface area (TPSA) is 39.2 Å². The van der Waals surface area contributed by atoms with Crippen LogP contribution < -0.4 is 4.74 Å². The van der Waals surface area contributed by atoms with E-state index in [1.54, 1.807) is 17.4 Å². The number of aromatic nitrogens is 1. The third-order valence-corrected chi connectivity index (χ3v) is 4.23. The molecule has 0 saturated heterocycles. The minimum atomic E-state index is 0.0377. The molecule has 0 bridgehead atoms. The summed E-state index contributed by atoms with van der Waals surface area (Å²) in [6.07, 6.45) is 0.794. The zero-order valence-corrected chi connectivity index (χ0v) is 14.0. The van der Waals surface area contributed by atoms with E-state index in [0.717, 1.165) is 21.5 Å². The molecule has 0 radical (unpaired) electrons. The molecule has 0 saturated carbocycles. The fraction of sp³-hybridized carbons (Fsp3) is 0.333. The average Bonchev–Trinajstić information content (AvgIpc) is 2.85. The molecule has 5 heteroatoms. The second-order valence-electron chi connectivity index (χ2n) is 5.44. The molecule has 0 amide bonds. The second kappa shape index (κ2) is 6.06. The Hall–Kier alpha value is -1.20. The summed E-state index contributed by atoms with van der Waals surface area (Å²) in [6.45, 7) is 6.76. The van der Waals surface area contributed by atoms with Crippen molar-refractivity contribution in [3.63, 3.8) is 0 Å². The first-order valence-corrected chi connectivity index (χ1v) is 7.90. The highest BCUT2D eigenvalue weighted by atomic mass is 79.9. The number of ether oxygens (including phenoxy) is 1. The summed E-state index contributed by atoms with van der Waals surface area (Å²) < 4.78 is 6.51. The van der Waals surface area contributed by atoms with Crippen molar-refractivity contribution in [1.29, 1.82) is 0 Å². The van der Waals surface area contributed by atoms with Crippen LogP contribution in [-0.4, -0.2) is 11.3 Å². The van der Waals surface area contributed by atoms with Crippen LogP contribution in [-0.2, 0) is 12.0 Å². The molecule has 0 fully saturated rings. The molecule has 0 aliphatic carbocycles. The van der Waals surface area contributed by atoms with Gasteiger partial charge in [-0.2, -0.15) is 0 Å². The SMILES string of the molecule is CC(C)(C)c1csc(COc2c(Br)cccc2C=O)n1. The molecule has 0 aliphatic heterocycles. The van der Waals surface area contributed by atoms with Gasteiger partial charge in [-0.15, -0.1) is 11.3 Å². The summed E-state index contributed by atoms with van der Waals surface area (Å²) in [5.74, 6) is 0.565. The number of thiazole rings is 1. The molecule has 2 rings (SSSR count). The Morgan fingerprint density at radius 1 is 1.40 bits per heavy atom. The lowest BCUT2D eigenvalue weighted by Gasteiger charge is -2.14. The van der Waals surface area contributed by atoms with E-state index in [4.69, 9.17) is 4.74 Å². The number of benzene rings is 1. The summed E-state index contributed by atoms with van der Waals surface area (Å²) in [6, 6.07) is 5.39. The Kier molecular flexibility index (Phi) is 4.60. The highest BCUT2D eigenvalue weighted by molar-refractivity contribution is 9.10. The van der Waals surface area contributed by atoms with E-state index in [9.17, 15) is 4.79 Å². The largest absolute Gasteiger partial charge is 0.484 e. The van der Waals surface area contributed by atoms with Gasteiger partial charge in [0, 0.05) is 10.8 Å². The zero-order chi connectivity index (χ0) is 14.8. The fourth-order valence-corrected chi connectivity index (χ4v) is 3.05. The van der Waals surface area contributed by atoms with Gasteiger partial charge < -0.3 is 4.74 Å². The van der Waals surface area contributed by atoms with E-state index in [1.807, 2.05) is 12.1 Å². The van der Waals surface area contributed by atoms with E-state index in [1.165, 1.54) is 0 Å². The maximum atomic E-state index is 11.0. The highest BCUT2D eigenvalue weighted by Crippen LogP contribution is 2.30. The van der Waals surface area contributed by atoms with Crippen LogP contribution in [0.15, 0.2) is 28.1 Å². The molecule has 0 atom stereocenters. The smallest absolute Gasteiger partial charge is 0.153 e. The molecule has 2 aromatic rings. The first kappa shape index (κ1) is 15.2. The fourth-order valence-electron chi connectivity index (χ4n) is 1.63. The van der Waals surface area contributed by atoms with Crippen LogP contribution in [0.5, 0.6) is 5.75 Å². The van der Waals surface area contributed by atoms with Crippen molar-refractivity contribution in [1.82, 2.24) is 4.98 Å². The molecule has 0 N–H and O–H groups in total. The van der Waals surface area contributed by atoms with Gasteiger partial charge in [0.15, 0.2) is 6.29 Å². The molecular formula is C15H16BrNO2S.